The average molecular weight is 445 g/mol. The van der Waals surface area contributed by atoms with Crippen molar-refractivity contribution in [2.75, 3.05) is 18.6 Å². The van der Waals surface area contributed by atoms with Gasteiger partial charge in [-0.05, 0) is 23.3 Å². The highest BCUT2D eigenvalue weighted by Crippen LogP contribution is 2.20. The van der Waals surface area contributed by atoms with E-state index in [4.69, 9.17) is 4.74 Å². The van der Waals surface area contributed by atoms with Crippen LogP contribution in [-0.2, 0) is 27.3 Å². The molecule has 3 rings (SSSR count). The Morgan fingerprint density at radius 1 is 0.788 bits per heavy atom. The summed E-state index contributed by atoms with van der Waals surface area (Å²) >= 11 is 0. The Bertz CT molecular complexity index is 1070. The lowest BCUT2D eigenvalue weighted by molar-refractivity contribution is -0.144. The van der Waals surface area contributed by atoms with Crippen molar-refractivity contribution in [2.45, 2.75) is 25.8 Å². The van der Waals surface area contributed by atoms with Crippen LogP contribution in [0.2, 0.25) is 0 Å². The van der Waals surface area contributed by atoms with Crippen molar-refractivity contribution in [3.63, 3.8) is 0 Å². The summed E-state index contributed by atoms with van der Waals surface area (Å²) < 4.78 is 5.24. The predicted octanol–water partition coefficient (Wildman–Crippen LogP) is 4.15. The van der Waals surface area contributed by atoms with E-state index in [2.05, 4.69) is 5.32 Å². The van der Waals surface area contributed by atoms with Crippen LogP contribution in [0.25, 0.3) is 0 Å². The third-order valence-electron chi connectivity index (χ3n) is 5.22. The van der Waals surface area contributed by atoms with E-state index < -0.39 is 5.97 Å². The Labute approximate surface area is 194 Å². The third-order valence-corrected chi connectivity index (χ3v) is 5.22. The van der Waals surface area contributed by atoms with Crippen molar-refractivity contribution >= 4 is 23.5 Å². The maximum atomic E-state index is 12.7. The Morgan fingerprint density at radius 2 is 1.39 bits per heavy atom. The van der Waals surface area contributed by atoms with Crippen LogP contribution in [0.5, 0.6) is 0 Å². The van der Waals surface area contributed by atoms with Crippen molar-refractivity contribution in [2.24, 2.45) is 0 Å². The van der Waals surface area contributed by atoms with Crippen molar-refractivity contribution in [3.8, 4) is 0 Å². The lowest BCUT2D eigenvalue weighted by atomic mass is 10.1. The number of rotatable bonds is 10. The van der Waals surface area contributed by atoms with Crippen LogP contribution in [-0.4, -0.2) is 31.4 Å². The number of para-hydroxylation sites is 1. The molecule has 0 radical (unpaired) electrons. The van der Waals surface area contributed by atoms with Gasteiger partial charge in [0.15, 0.2) is 0 Å². The summed E-state index contributed by atoms with van der Waals surface area (Å²) in [5.41, 5.74) is 2.96. The van der Waals surface area contributed by atoms with Gasteiger partial charge in [-0.1, -0.05) is 72.8 Å². The van der Waals surface area contributed by atoms with Gasteiger partial charge >= 0.3 is 5.97 Å². The molecule has 0 heterocycles. The number of nitrogens with one attached hydrogen (secondary N) is 1. The quantitative estimate of drug-likeness (QED) is 0.477. The molecule has 0 saturated heterocycles. The van der Waals surface area contributed by atoms with Gasteiger partial charge in [-0.25, -0.2) is 0 Å². The van der Waals surface area contributed by atoms with Crippen molar-refractivity contribution in [1.29, 1.82) is 0 Å². The Hall–Kier alpha value is -3.93. The van der Waals surface area contributed by atoms with E-state index in [1.54, 1.807) is 31.3 Å². The molecule has 3 aromatic carbocycles. The summed E-state index contributed by atoms with van der Waals surface area (Å²) in [4.78, 5) is 38.9. The number of hydrogen-bond donors (Lipinski definition) is 1. The molecule has 6 heteroatoms. The third kappa shape index (κ3) is 7.31. The lowest BCUT2D eigenvalue weighted by Gasteiger charge is -2.20. The topological polar surface area (TPSA) is 75.7 Å². The molecule has 3 aromatic rings. The van der Waals surface area contributed by atoms with Crippen LogP contribution in [0.4, 0.5) is 5.69 Å². The molecule has 6 nitrogen and oxygen atoms in total. The molecule has 0 aliphatic rings. The van der Waals surface area contributed by atoms with Crippen molar-refractivity contribution < 1.29 is 19.1 Å². The summed E-state index contributed by atoms with van der Waals surface area (Å²) in [6, 6.07) is 26.3. The van der Waals surface area contributed by atoms with E-state index in [-0.39, 0.29) is 31.3 Å². The number of carbonyl (C=O) groups excluding carboxylic acids is 3. The molecule has 0 unspecified atom stereocenters. The molecule has 0 aliphatic carbocycles. The van der Waals surface area contributed by atoms with E-state index in [0.717, 1.165) is 11.1 Å². The SMILES string of the molecule is CN(C(=O)CCC(=O)OCCc1ccccc1)c1ccccc1C(=O)NCc1ccccc1. The molecule has 0 aromatic heterocycles. The van der Waals surface area contributed by atoms with Gasteiger partial charge in [-0.3, -0.25) is 14.4 Å². The van der Waals surface area contributed by atoms with Crippen LogP contribution in [0.1, 0.15) is 34.3 Å². The van der Waals surface area contributed by atoms with Crippen LogP contribution >= 0.6 is 0 Å². The average Bonchev–Trinajstić information content (AvgIpc) is 2.86. The smallest absolute Gasteiger partial charge is 0.306 e. The highest BCUT2D eigenvalue weighted by Gasteiger charge is 2.19. The van der Waals surface area contributed by atoms with E-state index in [1.165, 1.54) is 4.90 Å². The zero-order valence-corrected chi connectivity index (χ0v) is 18.7. The molecular formula is C27H28N2O4. The minimum absolute atomic E-state index is 0.000634. The van der Waals surface area contributed by atoms with Crippen LogP contribution < -0.4 is 10.2 Å². The maximum Gasteiger partial charge on any atom is 0.306 e. The number of nitrogens with zero attached hydrogens (tertiary/aromatic N) is 1. The van der Waals surface area contributed by atoms with E-state index in [1.807, 2.05) is 60.7 Å². The van der Waals surface area contributed by atoms with Gasteiger partial charge in [0.25, 0.3) is 5.91 Å². The summed E-state index contributed by atoms with van der Waals surface area (Å²) in [5, 5.41) is 2.89. The largest absolute Gasteiger partial charge is 0.465 e. The summed E-state index contributed by atoms with van der Waals surface area (Å²) in [6.45, 7) is 0.664. The molecule has 0 spiro atoms. The highest BCUT2D eigenvalue weighted by atomic mass is 16.5. The Kier molecular flexibility index (Phi) is 8.77. The standard InChI is InChI=1S/C27H28N2O4/c1-29(25(30)16-17-26(31)33-19-18-21-10-4-2-5-11-21)24-15-9-8-14-23(24)27(32)28-20-22-12-6-3-7-13-22/h2-15H,16-20H2,1H3,(H,28,32). The first kappa shape index (κ1) is 23.7. The molecule has 170 valence electrons. The molecule has 2 amide bonds. The summed E-state index contributed by atoms with van der Waals surface area (Å²) in [5.74, 6) is -0.950. The number of carbonyl (C=O) groups is 3. The number of ether oxygens (including phenoxy) is 1. The summed E-state index contributed by atoms with van der Waals surface area (Å²) in [6.07, 6.45) is 0.618. The predicted molar refractivity (Wildman–Crippen MR) is 128 cm³/mol. The molecule has 0 saturated carbocycles. The zero-order chi connectivity index (χ0) is 23.5. The van der Waals surface area contributed by atoms with Gasteiger partial charge in [0.2, 0.25) is 5.91 Å². The minimum Gasteiger partial charge on any atom is -0.465 e. The van der Waals surface area contributed by atoms with Gasteiger partial charge in [0, 0.05) is 26.4 Å². The van der Waals surface area contributed by atoms with Crippen molar-refractivity contribution in [3.05, 3.63) is 102 Å². The van der Waals surface area contributed by atoms with Crippen LogP contribution in [0.3, 0.4) is 0 Å². The van der Waals surface area contributed by atoms with Gasteiger partial charge in [0.1, 0.15) is 0 Å². The first-order chi connectivity index (χ1) is 16.0. The fourth-order valence-corrected chi connectivity index (χ4v) is 3.34. The van der Waals surface area contributed by atoms with Crippen LogP contribution in [0.15, 0.2) is 84.9 Å². The Morgan fingerprint density at radius 3 is 2.09 bits per heavy atom. The first-order valence-electron chi connectivity index (χ1n) is 10.9. The minimum atomic E-state index is -0.415. The second kappa shape index (κ2) is 12.2. The number of anilines is 1. The zero-order valence-electron chi connectivity index (χ0n) is 18.7. The molecule has 1 N–H and O–H groups in total. The van der Waals surface area contributed by atoms with E-state index in [0.29, 0.717) is 24.2 Å². The van der Waals surface area contributed by atoms with E-state index >= 15 is 0 Å². The maximum absolute atomic E-state index is 12.7. The van der Waals surface area contributed by atoms with Gasteiger partial charge < -0.3 is 15.0 Å². The van der Waals surface area contributed by atoms with E-state index in [9.17, 15) is 14.4 Å². The van der Waals surface area contributed by atoms with Gasteiger partial charge in [-0.2, -0.15) is 0 Å². The fourth-order valence-electron chi connectivity index (χ4n) is 3.34. The lowest BCUT2D eigenvalue weighted by Crippen LogP contribution is -2.31. The monoisotopic (exact) mass is 444 g/mol. The number of hydrogen-bond acceptors (Lipinski definition) is 4. The molecule has 0 fully saturated rings. The Balaban J connectivity index is 1.50. The molecule has 33 heavy (non-hydrogen) atoms. The number of esters is 1. The highest BCUT2D eigenvalue weighted by molar-refractivity contribution is 6.04. The summed E-state index contributed by atoms with van der Waals surface area (Å²) in [7, 11) is 1.60. The number of amides is 2. The number of benzene rings is 3. The molecule has 0 atom stereocenters. The molecule has 0 bridgehead atoms. The first-order valence-corrected chi connectivity index (χ1v) is 10.9. The molecular weight excluding hydrogens is 416 g/mol. The second-order valence-corrected chi connectivity index (χ2v) is 7.59. The fraction of sp³-hybridized carbons (Fsp3) is 0.222. The molecule has 0 aliphatic heterocycles. The normalized spacial score (nSPS) is 10.3. The van der Waals surface area contributed by atoms with Gasteiger partial charge in [0.05, 0.1) is 24.3 Å². The van der Waals surface area contributed by atoms with Crippen molar-refractivity contribution in [1.82, 2.24) is 5.32 Å². The van der Waals surface area contributed by atoms with Gasteiger partial charge in [-0.15, -0.1) is 0 Å². The second-order valence-electron chi connectivity index (χ2n) is 7.59. The van der Waals surface area contributed by atoms with Crippen LogP contribution in [0, 0.1) is 0 Å².